The van der Waals surface area contributed by atoms with Gasteiger partial charge in [0.1, 0.15) is 0 Å². The van der Waals surface area contributed by atoms with Crippen molar-refractivity contribution in [3.8, 4) is 0 Å². The Kier molecular flexibility index (Phi) is 6.14. The van der Waals surface area contributed by atoms with Crippen molar-refractivity contribution < 1.29 is 19.1 Å². The minimum atomic E-state index is -0.303. The number of rotatable bonds is 5. The fourth-order valence-electron chi connectivity index (χ4n) is 3.89. The van der Waals surface area contributed by atoms with Gasteiger partial charge in [-0.2, -0.15) is 0 Å². The van der Waals surface area contributed by atoms with Crippen molar-refractivity contribution in [1.29, 1.82) is 0 Å². The average molecular weight is 372 g/mol. The van der Waals surface area contributed by atoms with Crippen LogP contribution in [0, 0.1) is 11.8 Å². The highest BCUT2D eigenvalue weighted by molar-refractivity contribution is 6.00. The van der Waals surface area contributed by atoms with Gasteiger partial charge in [0.2, 0.25) is 11.8 Å². The maximum atomic E-state index is 12.9. The molecule has 0 spiro atoms. The van der Waals surface area contributed by atoms with E-state index in [2.05, 4.69) is 6.92 Å². The van der Waals surface area contributed by atoms with Crippen molar-refractivity contribution in [2.45, 2.75) is 39.5 Å². The summed E-state index contributed by atoms with van der Waals surface area (Å²) in [6.45, 7) is 5.82. The first-order valence-electron chi connectivity index (χ1n) is 9.88. The minimum Gasteiger partial charge on any atom is -0.466 e. The number of likely N-dealkylation sites (tertiary alicyclic amines) is 1. The molecule has 2 aliphatic rings. The molecule has 0 bridgehead atoms. The lowest BCUT2D eigenvalue weighted by Crippen LogP contribution is -2.44. The second-order valence-corrected chi connectivity index (χ2v) is 7.28. The lowest BCUT2D eigenvalue weighted by Gasteiger charge is -2.32. The van der Waals surface area contributed by atoms with Crippen molar-refractivity contribution in [1.82, 2.24) is 4.90 Å². The highest BCUT2D eigenvalue weighted by Gasteiger charge is 2.38. The Bertz CT molecular complexity index is 693. The normalized spacial score (nSPS) is 20.8. The number of piperidine rings is 1. The molecule has 2 aliphatic heterocycles. The molecular weight excluding hydrogens is 344 g/mol. The van der Waals surface area contributed by atoms with Gasteiger partial charge in [0.25, 0.3) is 0 Å². The zero-order valence-corrected chi connectivity index (χ0v) is 16.1. The third-order valence-electron chi connectivity index (χ3n) is 5.56. The van der Waals surface area contributed by atoms with E-state index in [-0.39, 0.29) is 36.0 Å². The van der Waals surface area contributed by atoms with Crippen LogP contribution in [0.4, 0.5) is 5.69 Å². The molecule has 0 aromatic heterocycles. The lowest BCUT2D eigenvalue weighted by molar-refractivity contribution is -0.151. The molecule has 2 amide bonds. The lowest BCUT2D eigenvalue weighted by atomic mass is 9.95. The maximum Gasteiger partial charge on any atom is 0.309 e. The molecular formula is C21H28N2O4. The molecule has 0 saturated carbocycles. The van der Waals surface area contributed by atoms with Crippen LogP contribution in [0.2, 0.25) is 0 Å². The monoisotopic (exact) mass is 372 g/mol. The minimum absolute atomic E-state index is 0.000919. The second-order valence-electron chi connectivity index (χ2n) is 7.28. The van der Waals surface area contributed by atoms with Gasteiger partial charge in [-0.1, -0.05) is 19.1 Å². The molecule has 0 radical (unpaired) electrons. The van der Waals surface area contributed by atoms with Crippen LogP contribution in [-0.4, -0.2) is 48.9 Å². The summed E-state index contributed by atoms with van der Waals surface area (Å²) < 4.78 is 5.08. The van der Waals surface area contributed by atoms with Crippen molar-refractivity contribution in [2.24, 2.45) is 11.8 Å². The largest absolute Gasteiger partial charge is 0.466 e. The Morgan fingerprint density at radius 2 is 1.74 bits per heavy atom. The molecule has 2 saturated heterocycles. The van der Waals surface area contributed by atoms with Crippen molar-refractivity contribution in [2.75, 3.05) is 31.1 Å². The van der Waals surface area contributed by atoms with Crippen molar-refractivity contribution in [3.05, 3.63) is 29.8 Å². The quantitative estimate of drug-likeness (QED) is 0.745. The van der Waals surface area contributed by atoms with Crippen LogP contribution in [-0.2, 0) is 25.5 Å². The van der Waals surface area contributed by atoms with E-state index in [1.54, 1.807) is 16.7 Å². The summed E-state index contributed by atoms with van der Waals surface area (Å²) in [7, 11) is 0. The fourth-order valence-corrected chi connectivity index (χ4v) is 3.89. The first-order valence-corrected chi connectivity index (χ1v) is 9.88. The Balaban J connectivity index is 1.57. The number of hydrogen-bond donors (Lipinski definition) is 0. The van der Waals surface area contributed by atoms with Crippen LogP contribution >= 0.6 is 0 Å². The Morgan fingerprint density at radius 1 is 1.07 bits per heavy atom. The molecule has 1 aromatic rings. The summed E-state index contributed by atoms with van der Waals surface area (Å²) in [5.41, 5.74) is 2.08. The smallest absolute Gasteiger partial charge is 0.309 e. The molecule has 1 atom stereocenters. The zero-order valence-electron chi connectivity index (χ0n) is 16.1. The van der Waals surface area contributed by atoms with E-state index < -0.39 is 0 Å². The first-order chi connectivity index (χ1) is 13.0. The molecule has 6 nitrogen and oxygen atoms in total. The third kappa shape index (κ3) is 4.31. The summed E-state index contributed by atoms with van der Waals surface area (Å²) in [6.07, 6.45) is 2.48. The van der Waals surface area contributed by atoms with Gasteiger partial charge in [-0.3, -0.25) is 14.4 Å². The number of carbonyl (C=O) groups is 3. The molecule has 3 rings (SSSR count). The van der Waals surface area contributed by atoms with Gasteiger partial charge in [-0.25, -0.2) is 0 Å². The Morgan fingerprint density at radius 3 is 2.33 bits per heavy atom. The Hall–Kier alpha value is -2.37. The van der Waals surface area contributed by atoms with Gasteiger partial charge < -0.3 is 14.5 Å². The molecule has 2 heterocycles. The fraction of sp³-hybridized carbons (Fsp3) is 0.571. The number of ether oxygens (including phenoxy) is 1. The highest BCUT2D eigenvalue weighted by atomic mass is 16.5. The SMILES string of the molecule is CCOC(=O)C1CCN(C(=O)[C@@H]2CC(=O)N(c3ccc(CC)cc3)C2)CC1. The van der Waals surface area contributed by atoms with Crippen LogP contribution in [0.25, 0.3) is 0 Å². The second kappa shape index (κ2) is 8.55. The number of hydrogen-bond acceptors (Lipinski definition) is 4. The van der Waals surface area contributed by atoms with E-state index in [0.29, 0.717) is 39.1 Å². The van der Waals surface area contributed by atoms with Crippen molar-refractivity contribution in [3.63, 3.8) is 0 Å². The van der Waals surface area contributed by atoms with E-state index in [4.69, 9.17) is 4.74 Å². The summed E-state index contributed by atoms with van der Waals surface area (Å²) >= 11 is 0. The summed E-state index contributed by atoms with van der Waals surface area (Å²) in [5.74, 6) is -0.560. The maximum absolute atomic E-state index is 12.9. The summed E-state index contributed by atoms with van der Waals surface area (Å²) in [5, 5.41) is 0. The highest BCUT2D eigenvalue weighted by Crippen LogP contribution is 2.28. The van der Waals surface area contributed by atoms with Gasteiger partial charge in [0.05, 0.1) is 18.4 Å². The average Bonchev–Trinajstić information content (AvgIpc) is 3.09. The number of benzene rings is 1. The van der Waals surface area contributed by atoms with E-state index in [1.807, 2.05) is 24.3 Å². The summed E-state index contributed by atoms with van der Waals surface area (Å²) in [4.78, 5) is 40.7. The van der Waals surface area contributed by atoms with Gasteiger partial charge in [0.15, 0.2) is 0 Å². The number of carbonyl (C=O) groups excluding carboxylic acids is 3. The van der Waals surface area contributed by atoms with Crippen LogP contribution in [0.1, 0.15) is 38.7 Å². The van der Waals surface area contributed by atoms with Gasteiger partial charge in [0, 0.05) is 31.7 Å². The molecule has 1 aromatic carbocycles. The molecule has 0 aliphatic carbocycles. The van der Waals surface area contributed by atoms with E-state index in [9.17, 15) is 14.4 Å². The zero-order chi connectivity index (χ0) is 19.4. The molecule has 0 unspecified atom stereocenters. The predicted octanol–water partition coefficient (Wildman–Crippen LogP) is 2.40. The van der Waals surface area contributed by atoms with Crippen molar-refractivity contribution >= 4 is 23.5 Å². The number of aryl methyl sites for hydroxylation is 1. The Labute approximate surface area is 160 Å². The topological polar surface area (TPSA) is 66.9 Å². The molecule has 27 heavy (non-hydrogen) atoms. The number of nitrogens with zero attached hydrogens (tertiary/aromatic N) is 2. The summed E-state index contributed by atoms with van der Waals surface area (Å²) in [6, 6.07) is 7.96. The molecule has 6 heteroatoms. The standard InChI is InChI=1S/C21H28N2O4/c1-3-15-5-7-18(8-6-15)23-14-17(13-19(23)24)20(25)22-11-9-16(10-12-22)21(26)27-4-2/h5-8,16-17H,3-4,9-14H2,1-2H3/t17-/m1/s1. The van der Waals surface area contributed by atoms with Gasteiger partial charge in [-0.05, 0) is 43.9 Å². The van der Waals surface area contributed by atoms with Crippen LogP contribution in [0.3, 0.4) is 0 Å². The first kappa shape index (κ1) is 19.4. The number of amides is 2. The van der Waals surface area contributed by atoms with Crippen LogP contribution < -0.4 is 4.90 Å². The number of anilines is 1. The molecule has 0 N–H and O–H groups in total. The van der Waals surface area contributed by atoms with Crippen LogP contribution in [0.5, 0.6) is 0 Å². The van der Waals surface area contributed by atoms with E-state index >= 15 is 0 Å². The molecule has 146 valence electrons. The van der Waals surface area contributed by atoms with Crippen LogP contribution in [0.15, 0.2) is 24.3 Å². The molecule has 2 fully saturated rings. The number of esters is 1. The third-order valence-corrected chi connectivity index (χ3v) is 5.56. The van der Waals surface area contributed by atoms with E-state index in [1.165, 1.54) is 5.56 Å². The van der Waals surface area contributed by atoms with Gasteiger partial charge in [-0.15, -0.1) is 0 Å². The van der Waals surface area contributed by atoms with E-state index in [0.717, 1.165) is 12.1 Å². The predicted molar refractivity (Wildman–Crippen MR) is 102 cm³/mol. The van der Waals surface area contributed by atoms with Gasteiger partial charge >= 0.3 is 5.97 Å².